The van der Waals surface area contributed by atoms with E-state index in [0.717, 1.165) is 31.7 Å². The number of amides is 1. The molecule has 1 aromatic carbocycles. The van der Waals surface area contributed by atoms with E-state index in [1.54, 1.807) is 7.11 Å². The molecule has 1 amide bonds. The van der Waals surface area contributed by atoms with Gasteiger partial charge in [-0.15, -0.1) is 0 Å². The second kappa shape index (κ2) is 5.87. The average Bonchev–Trinajstić information content (AvgIpc) is 2.39. The van der Waals surface area contributed by atoms with Gasteiger partial charge in [-0.3, -0.25) is 9.69 Å². The van der Waals surface area contributed by atoms with E-state index in [1.807, 2.05) is 18.2 Å². The van der Waals surface area contributed by atoms with Gasteiger partial charge in [0.25, 0.3) is 0 Å². The number of piperidine rings is 1. The lowest BCUT2D eigenvalue weighted by Crippen LogP contribution is -2.39. The van der Waals surface area contributed by atoms with Crippen LogP contribution in [-0.4, -0.2) is 37.6 Å². The molecular formula is C14H20N2O2. The van der Waals surface area contributed by atoms with Crippen molar-refractivity contribution in [2.45, 2.75) is 18.8 Å². The molecular weight excluding hydrogens is 228 g/mol. The maximum atomic E-state index is 10.9. The summed E-state index contributed by atoms with van der Waals surface area (Å²) in [5.74, 6) is 1.24. The van der Waals surface area contributed by atoms with Crippen LogP contribution < -0.4 is 10.5 Å². The number of likely N-dealkylation sites (tertiary alicyclic amines) is 1. The van der Waals surface area contributed by atoms with Gasteiger partial charge in [-0.1, -0.05) is 18.2 Å². The molecule has 18 heavy (non-hydrogen) atoms. The largest absolute Gasteiger partial charge is 0.496 e. The van der Waals surface area contributed by atoms with Gasteiger partial charge in [0.1, 0.15) is 5.75 Å². The van der Waals surface area contributed by atoms with Crippen molar-refractivity contribution < 1.29 is 9.53 Å². The third kappa shape index (κ3) is 3.01. The number of ether oxygens (including phenoxy) is 1. The molecule has 0 bridgehead atoms. The van der Waals surface area contributed by atoms with Crippen LogP contribution in [0.4, 0.5) is 0 Å². The summed E-state index contributed by atoms with van der Waals surface area (Å²) >= 11 is 0. The second-order valence-corrected chi connectivity index (χ2v) is 4.76. The third-order valence-corrected chi connectivity index (χ3v) is 3.55. The molecule has 0 saturated carbocycles. The first kappa shape index (κ1) is 12.9. The number of hydrogen-bond donors (Lipinski definition) is 1. The fraction of sp³-hybridized carbons (Fsp3) is 0.500. The topological polar surface area (TPSA) is 55.6 Å². The zero-order valence-electron chi connectivity index (χ0n) is 10.8. The van der Waals surface area contributed by atoms with Crippen LogP contribution in [0.2, 0.25) is 0 Å². The lowest BCUT2D eigenvalue weighted by atomic mass is 9.89. The van der Waals surface area contributed by atoms with Gasteiger partial charge in [-0.05, 0) is 43.5 Å². The highest BCUT2D eigenvalue weighted by Gasteiger charge is 2.23. The predicted octanol–water partition coefficient (Wildman–Crippen LogP) is 1.36. The number of nitrogens with zero attached hydrogens (tertiary/aromatic N) is 1. The monoisotopic (exact) mass is 248 g/mol. The number of carbonyl (C=O) groups is 1. The Morgan fingerprint density at radius 1 is 1.39 bits per heavy atom. The van der Waals surface area contributed by atoms with Gasteiger partial charge in [0.05, 0.1) is 13.7 Å². The zero-order chi connectivity index (χ0) is 13.0. The summed E-state index contributed by atoms with van der Waals surface area (Å²) in [4.78, 5) is 13.0. The maximum absolute atomic E-state index is 10.9. The molecule has 1 heterocycles. The molecule has 1 fully saturated rings. The number of rotatable bonds is 4. The van der Waals surface area contributed by atoms with Gasteiger partial charge in [0.2, 0.25) is 5.91 Å². The number of carbonyl (C=O) groups excluding carboxylic acids is 1. The summed E-state index contributed by atoms with van der Waals surface area (Å²) in [6, 6.07) is 8.18. The Hall–Kier alpha value is -1.55. The van der Waals surface area contributed by atoms with Crippen LogP contribution >= 0.6 is 0 Å². The highest BCUT2D eigenvalue weighted by atomic mass is 16.5. The first-order chi connectivity index (χ1) is 8.70. The minimum Gasteiger partial charge on any atom is -0.496 e. The first-order valence-corrected chi connectivity index (χ1v) is 6.34. The van der Waals surface area contributed by atoms with Gasteiger partial charge >= 0.3 is 0 Å². The van der Waals surface area contributed by atoms with Crippen molar-refractivity contribution in [3.05, 3.63) is 29.8 Å². The quantitative estimate of drug-likeness (QED) is 0.875. The van der Waals surface area contributed by atoms with E-state index in [-0.39, 0.29) is 5.91 Å². The summed E-state index contributed by atoms with van der Waals surface area (Å²) in [6.07, 6.45) is 2.10. The van der Waals surface area contributed by atoms with Gasteiger partial charge in [-0.2, -0.15) is 0 Å². The van der Waals surface area contributed by atoms with E-state index in [4.69, 9.17) is 10.5 Å². The Labute approximate surface area is 108 Å². The van der Waals surface area contributed by atoms with Crippen molar-refractivity contribution in [1.29, 1.82) is 0 Å². The molecule has 0 atom stereocenters. The van der Waals surface area contributed by atoms with Crippen molar-refractivity contribution in [3.8, 4) is 5.75 Å². The molecule has 0 unspecified atom stereocenters. The van der Waals surface area contributed by atoms with Gasteiger partial charge in [0.15, 0.2) is 0 Å². The minimum atomic E-state index is -0.245. The summed E-state index contributed by atoms with van der Waals surface area (Å²) < 4.78 is 5.40. The molecule has 0 spiro atoms. The predicted molar refractivity (Wildman–Crippen MR) is 70.6 cm³/mol. The van der Waals surface area contributed by atoms with Crippen molar-refractivity contribution in [1.82, 2.24) is 4.90 Å². The smallest absolute Gasteiger partial charge is 0.231 e. The lowest BCUT2D eigenvalue weighted by Gasteiger charge is -2.31. The second-order valence-electron chi connectivity index (χ2n) is 4.76. The maximum Gasteiger partial charge on any atom is 0.231 e. The van der Waals surface area contributed by atoms with E-state index in [9.17, 15) is 4.79 Å². The molecule has 1 saturated heterocycles. The normalized spacial score (nSPS) is 17.6. The van der Waals surface area contributed by atoms with Gasteiger partial charge < -0.3 is 10.5 Å². The minimum absolute atomic E-state index is 0.245. The average molecular weight is 248 g/mol. The third-order valence-electron chi connectivity index (χ3n) is 3.55. The highest BCUT2D eigenvalue weighted by Crippen LogP contribution is 2.33. The van der Waals surface area contributed by atoms with Gasteiger partial charge in [0, 0.05) is 0 Å². The standard InChI is InChI=1S/C14H20N2O2/c1-18-13-5-3-2-4-12(13)11-6-8-16(9-7-11)10-14(15)17/h2-5,11H,6-10H2,1H3,(H2,15,17). The first-order valence-electron chi connectivity index (χ1n) is 6.34. The summed E-state index contributed by atoms with van der Waals surface area (Å²) in [7, 11) is 1.71. The number of hydrogen-bond acceptors (Lipinski definition) is 3. The van der Waals surface area contributed by atoms with E-state index < -0.39 is 0 Å². The Morgan fingerprint density at radius 2 is 2.06 bits per heavy atom. The van der Waals surface area contributed by atoms with Crippen LogP contribution in [0.3, 0.4) is 0 Å². The van der Waals surface area contributed by atoms with Crippen molar-refractivity contribution in [2.75, 3.05) is 26.7 Å². The van der Waals surface area contributed by atoms with Crippen LogP contribution in [-0.2, 0) is 4.79 Å². The molecule has 0 aliphatic carbocycles. The molecule has 1 aromatic rings. The number of primary amides is 1. The van der Waals surface area contributed by atoms with Crippen molar-refractivity contribution in [2.24, 2.45) is 5.73 Å². The van der Waals surface area contributed by atoms with Crippen molar-refractivity contribution in [3.63, 3.8) is 0 Å². The molecule has 2 N–H and O–H groups in total. The Kier molecular flexibility index (Phi) is 4.20. The molecule has 1 aliphatic rings. The van der Waals surface area contributed by atoms with E-state index in [1.165, 1.54) is 5.56 Å². The summed E-state index contributed by atoms with van der Waals surface area (Å²) in [5, 5.41) is 0. The molecule has 4 nitrogen and oxygen atoms in total. The van der Waals surface area contributed by atoms with Gasteiger partial charge in [-0.25, -0.2) is 0 Å². The van der Waals surface area contributed by atoms with Crippen LogP contribution in [0.1, 0.15) is 24.3 Å². The Balaban J connectivity index is 1.99. The summed E-state index contributed by atoms with van der Waals surface area (Å²) in [6.45, 7) is 2.22. The molecule has 0 radical (unpaired) electrons. The number of nitrogens with two attached hydrogens (primary N) is 1. The number of para-hydroxylation sites is 1. The fourth-order valence-electron chi connectivity index (χ4n) is 2.63. The summed E-state index contributed by atoms with van der Waals surface area (Å²) in [5.41, 5.74) is 6.49. The Bertz CT molecular complexity index is 412. The zero-order valence-corrected chi connectivity index (χ0v) is 10.8. The molecule has 4 heteroatoms. The number of methoxy groups -OCH3 is 1. The van der Waals surface area contributed by atoms with Crippen LogP contribution in [0, 0.1) is 0 Å². The highest BCUT2D eigenvalue weighted by molar-refractivity contribution is 5.75. The van der Waals surface area contributed by atoms with Crippen molar-refractivity contribution >= 4 is 5.91 Å². The lowest BCUT2D eigenvalue weighted by molar-refractivity contribution is -0.119. The SMILES string of the molecule is COc1ccccc1C1CCN(CC(N)=O)CC1. The van der Waals surface area contributed by atoms with Crippen LogP contribution in [0.5, 0.6) is 5.75 Å². The Morgan fingerprint density at radius 3 is 2.67 bits per heavy atom. The van der Waals surface area contributed by atoms with E-state index in [0.29, 0.717) is 12.5 Å². The molecule has 1 aliphatic heterocycles. The van der Waals surface area contributed by atoms with Crippen LogP contribution in [0.25, 0.3) is 0 Å². The van der Waals surface area contributed by atoms with E-state index in [2.05, 4.69) is 11.0 Å². The molecule has 2 rings (SSSR count). The molecule has 98 valence electrons. The fourth-order valence-corrected chi connectivity index (χ4v) is 2.63. The molecule has 0 aromatic heterocycles. The van der Waals surface area contributed by atoms with Crippen LogP contribution in [0.15, 0.2) is 24.3 Å². The van der Waals surface area contributed by atoms with E-state index >= 15 is 0 Å². The number of benzene rings is 1.